The molecule has 4 rings (SSSR count). The van der Waals surface area contributed by atoms with Gasteiger partial charge in [-0.25, -0.2) is 8.78 Å². The van der Waals surface area contributed by atoms with E-state index in [2.05, 4.69) is 10.3 Å². The minimum atomic E-state index is -0.950. The van der Waals surface area contributed by atoms with Gasteiger partial charge < -0.3 is 16.0 Å². The van der Waals surface area contributed by atoms with E-state index in [9.17, 15) is 18.4 Å². The summed E-state index contributed by atoms with van der Waals surface area (Å²) >= 11 is 0. The highest BCUT2D eigenvalue weighted by Crippen LogP contribution is 2.43. The average molecular weight is 479 g/mol. The van der Waals surface area contributed by atoms with Crippen molar-refractivity contribution in [2.75, 3.05) is 18.9 Å². The molecule has 3 N–H and O–H groups in total. The normalized spacial score (nSPS) is 15.4. The lowest BCUT2D eigenvalue weighted by molar-refractivity contribution is -0.136. The first kappa shape index (κ1) is 24.5. The number of halogens is 2. The van der Waals surface area contributed by atoms with Crippen molar-refractivity contribution in [3.63, 3.8) is 0 Å². The van der Waals surface area contributed by atoms with Gasteiger partial charge in [0.05, 0.1) is 5.41 Å². The molecular formula is C27H28F2N4O2. The minimum Gasteiger partial charge on any atom is -0.343 e. The lowest BCUT2D eigenvalue weighted by Crippen LogP contribution is -2.46. The molecule has 1 fully saturated rings. The second-order valence-corrected chi connectivity index (χ2v) is 9.02. The van der Waals surface area contributed by atoms with Crippen molar-refractivity contribution in [1.29, 1.82) is 0 Å². The van der Waals surface area contributed by atoms with Crippen molar-refractivity contribution < 1.29 is 18.4 Å². The number of rotatable bonds is 7. The molecule has 1 heterocycles. The SMILES string of the molecule is CN(CC(N)c1ccc(C(=O)Nc2ccncc2)cc1)C(=O)C1(c2ccc(F)c(F)c2)CCCC1. The second kappa shape index (κ2) is 10.3. The van der Waals surface area contributed by atoms with Crippen LogP contribution in [0.15, 0.2) is 67.0 Å². The summed E-state index contributed by atoms with van der Waals surface area (Å²) in [5.41, 5.74) is 7.92. The topological polar surface area (TPSA) is 88.3 Å². The highest BCUT2D eigenvalue weighted by atomic mass is 19.2. The number of likely N-dealkylation sites (N-methyl/N-ethyl adjacent to an activating group) is 1. The summed E-state index contributed by atoms with van der Waals surface area (Å²) in [6.07, 6.45) is 6.03. The number of pyridine rings is 1. The van der Waals surface area contributed by atoms with E-state index in [1.54, 1.807) is 60.7 Å². The highest BCUT2D eigenvalue weighted by Gasteiger charge is 2.44. The Morgan fingerprint density at radius 1 is 1.03 bits per heavy atom. The van der Waals surface area contributed by atoms with Crippen LogP contribution in [0.3, 0.4) is 0 Å². The van der Waals surface area contributed by atoms with Crippen LogP contribution in [0.1, 0.15) is 53.2 Å². The third-order valence-corrected chi connectivity index (χ3v) is 6.70. The van der Waals surface area contributed by atoms with E-state index in [0.29, 0.717) is 29.7 Å². The molecule has 1 aliphatic rings. The fraction of sp³-hybridized carbons (Fsp3) is 0.296. The van der Waals surface area contributed by atoms with Gasteiger partial charge in [0, 0.05) is 43.3 Å². The quantitative estimate of drug-likeness (QED) is 0.520. The molecule has 0 aliphatic heterocycles. The summed E-state index contributed by atoms with van der Waals surface area (Å²) in [5.74, 6) is -2.28. The predicted octanol–water partition coefficient (Wildman–Crippen LogP) is 4.58. The van der Waals surface area contributed by atoms with Crippen LogP contribution in [0, 0.1) is 11.6 Å². The van der Waals surface area contributed by atoms with E-state index in [1.807, 2.05) is 0 Å². The molecule has 0 radical (unpaired) electrons. The summed E-state index contributed by atoms with van der Waals surface area (Å²) in [6.45, 7) is 0.243. The molecule has 1 aliphatic carbocycles. The molecule has 0 saturated heterocycles. The number of hydrogen-bond donors (Lipinski definition) is 2. The van der Waals surface area contributed by atoms with Crippen LogP contribution in [0.4, 0.5) is 14.5 Å². The number of amides is 2. The molecule has 8 heteroatoms. The van der Waals surface area contributed by atoms with E-state index in [1.165, 1.54) is 6.07 Å². The molecule has 2 amide bonds. The van der Waals surface area contributed by atoms with Crippen LogP contribution in [-0.2, 0) is 10.2 Å². The maximum atomic E-state index is 14.0. The molecule has 2 aromatic carbocycles. The maximum absolute atomic E-state index is 14.0. The molecule has 0 spiro atoms. The van der Waals surface area contributed by atoms with Crippen molar-refractivity contribution in [2.45, 2.75) is 37.1 Å². The van der Waals surface area contributed by atoms with Crippen molar-refractivity contribution >= 4 is 17.5 Å². The average Bonchev–Trinajstić information content (AvgIpc) is 3.37. The van der Waals surface area contributed by atoms with Crippen LogP contribution in [0.25, 0.3) is 0 Å². The molecule has 1 unspecified atom stereocenters. The second-order valence-electron chi connectivity index (χ2n) is 9.02. The Hall–Kier alpha value is -3.65. The zero-order chi connectivity index (χ0) is 25.0. The van der Waals surface area contributed by atoms with Gasteiger partial charge in [0.2, 0.25) is 5.91 Å². The molecule has 6 nitrogen and oxygen atoms in total. The number of aromatic nitrogens is 1. The highest BCUT2D eigenvalue weighted by molar-refractivity contribution is 6.04. The Labute approximate surface area is 203 Å². The number of hydrogen-bond acceptors (Lipinski definition) is 4. The number of benzene rings is 2. The van der Waals surface area contributed by atoms with Crippen molar-refractivity contribution in [3.8, 4) is 0 Å². The molecule has 1 atom stereocenters. The molecule has 35 heavy (non-hydrogen) atoms. The summed E-state index contributed by atoms with van der Waals surface area (Å²) < 4.78 is 27.5. The first-order valence-corrected chi connectivity index (χ1v) is 11.6. The zero-order valence-corrected chi connectivity index (χ0v) is 19.5. The first-order chi connectivity index (χ1) is 16.8. The Kier molecular flexibility index (Phi) is 7.21. The van der Waals surface area contributed by atoms with E-state index in [0.717, 1.165) is 30.5 Å². The summed E-state index contributed by atoms with van der Waals surface area (Å²) in [5, 5.41) is 2.80. The van der Waals surface area contributed by atoms with E-state index >= 15 is 0 Å². The smallest absolute Gasteiger partial charge is 0.255 e. The van der Waals surface area contributed by atoms with Gasteiger partial charge in [-0.05, 0) is 60.4 Å². The van der Waals surface area contributed by atoms with Gasteiger partial charge in [-0.15, -0.1) is 0 Å². The first-order valence-electron chi connectivity index (χ1n) is 11.6. The maximum Gasteiger partial charge on any atom is 0.255 e. The predicted molar refractivity (Wildman–Crippen MR) is 130 cm³/mol. The zero-order valence-electron chi connectivity index (χ0n) is 19.5. The minimum absolute atomic E-state index is 0.148. The lowest BCUT2D eigenvalue weighted by atomic mass is 9.77. The molecule has 0 bridgehead atoms. The standard InChI is InChI=1S/C27H28F2N4O2/c1-33(26(35)27(12-2-3-13-27)20-8-9-22(28)23(29)16-20)17-24(30)18-4-6-19(7-5-18)25(34)32-21-10-14-31-15-11-21/h4-11,14-16,24H,2-3,12-13,17,30H2,1H3,(H,31,32,34). The van der Waals surface area contributed by atoms with Crippen LogP contribution >= 0.6 is 0 Å². The molecule has 3 aromatic rings. The van der Waals surface area contributed by atoms with Crippen molar-refractivity contribution in [1.82, 2.24) is 9.88 Å². The van der Waals surface area contributed by atoms with Gasteiger partial charge in [-0.3, -0.25) is 14.6 Å². The van der Waals surface area contributed by atoms with Crippen LogP contribution in [0.5, 0.6) is 0 Å². The van der Waals surface area contributed by atoms with Gasteiger partial charge in [0.25, 0.3) is 5.91 Å². The Bertz CT molecular complexity index is 1200. The molecule has 1 aromatic heterocycles. The van der Waals surface area contributed by atoms with E-state index in [-0.39, 0.29) is 18.4 Å². The van der Waals surface area contributed by atoms with Crippen LogP contribution in [0.2, 0.25) is 0 Å². The number of nitrogens with one attached hydrogen (secondary N) is 1. The largest absolute Gasteiger partial charge is 0.343 e. The Balaban J connectivity index is 1.44. The Morgan fingerprint density at radius 3 is 2.31 bits per heavy atom. The summed E-state index contributed by atoms with van der Waals surface area (Å²) in [6, 6.07) is 13.6. The summed E-state index contributed by atoms with van der Waals surface area (Å²) in [4.78, 5) is 31.5. The summed E-state index contributed by atoms with van der Waals surface area (Å²) in [7, 11) is 1.68. The monoisotopic (exact) mass is 478 g/mol. The third-order valence-electron chi connectivity index (χ3n) is 6.70. The fourth-order valence-electron chi connectivity index (χ4n) is 4.77. The number of nitrogens with two attached hydrogens (primary N) is 1. The molecule has 1 saturated carbocycles. The molecular weight excluding hydrogens is 450 g/mol. The fourth-order valence-corrected chi connectivity index (χ4v) is 4.77. The number of carbonyl (C=O) groups excluding carboxylic acids is 2. The molecule has 182 valence electrons. The third kappa shape index (κ3) is 5.22. The van der Waals surface area contributed by atoms with Crippen molar-refractivity contribution in [3.05, 3.63) is 95.3 Å². The van der Waals surface area contributed by atoms with E-state index < -0.39 is 23.1 Å². The van der Waals surface area contributed by atoms with Gasteiger partial charge in [0.15, 0.2) is 11.6 Å². The van der Waals surface area contributed by atoms with Gasteiger partial charge in [-0.2, -0.15) is 0 Å². The number of anilines is 1. The van der Waals surface area contributed by atoms with Gasteiger partial charge in [0.1, 0.15) is 0 Å². The van der Waals surface area contributed by atoms with Gasteiger partial charge >= 0.3 is 0 Å². The van der Waals surface area contributed by atoms with Gasteiger partial charge in [-0.1, -0.05) is 31.0 Å². The van der Waals surface area contributed by atoms with E-state index in [4.69, 9.17) is 5.73 Å². The number of nitrogens with zero attached hydrogens (tertiary/aromatic N) is 2. The van der Waals surface area contributed by atoms with Crippen LogP contribution < -0.4 is 11.1 Å². The van der Waals surface area contributed by atoms with Crippen LogP contribution in [-0.4, -0.2) is 35.3 Å². The lowest BCUT2D eigenvalue weighted by Gasteiger charge is -2.34. The Morgan fingerprint density at radius 2 is 1.69 bits per heavy atom. The number of carbonyl (C=O) groups is 2. The van der Waals surface area contributed by atoms with Crippen molar-refractivity contribution in [2.24, 2.45) is 5.73 Å².